The van der Waals surface area contributed by atoms with Gasteiger partial charge in [-0.2, -0.15) is 0 Å². The third-order valence-electron chi connectivity index (χ3n) is 4.52. The third kappa shape index (κ3) is 3.75. The number of para-hydroxylation sites is 1. The van der Waals surface area contributed by atoms with E-state index in [1.807, 2.05) is 13.8 Å². The highest BCUT2D eigenvalue weighted by Crippen LogP contribution is 2.21. The van der Waals surface area contributed by atoms with Crippen LogP contribution in [0.3, 0.4) is 0 Å². The normalized spacial score (nSPS) is 11.0. The molecule has 0 atom stereocenters. The van der Waals surface area contributed by atoms with Crippen LogP contribution in [0.15, 0.2) is 47.3 Å². The Hall–Kier alpha value is -3.55. The standard InChI is InChI=1S/C20H20N4O4/c1-12(2)23(20(26)14-9-8-13(3)17(10-14)24(27)28)11-18-21-16-7-5-4-6-15(16)19(25)22-18/h4-10,12H,11H2,1-3H3,(H,21,22,25). The number of H-pyrrole nitrogens is 1. The monoisotopic (exact) mass is 380 g/mol. The average molecular weight is 380 g/mol. The Morgan fingerprint density at radius 3 is 2.64 bits per heavy atom. The number of aromatic amines is 1. The Morgan fingerprint density at radius 2 is 1.96 bits per heavy atom. The first-order valence-electron chi connectivity index (χ1n) is 8.82. The number of aromatic nitrogens is 2. The van der Waals surface area contributed by atoms with Gasteiger partial charge in [-0.25, -0.2) is 4.98 Å². The zero-order valence-corrected chi connectivity index (χ0v) is 15.8. The summed E-state index contributed by atoms with van der Waals surface area (Å²) in [4.78, 5) is 44.6. The molecule has 3 aromatic rings. The molecule has 0 saturated heterocycles. The minimum absolute atomic E-state index is 0.0816. The van der Waals surface area contributed by atoms with Crippen molar-refractivity contribution in [3.8, 4) is 0 Å². The fourth-order valence-electron chi connectivity index (χ4n) is 2.96. The SMILES string of the molecule is Cc1ccc(C(=O)N(Cc2nc3ccccc3c(=O)[nH]2)C(C)C)cc1[N+](=O)[O-]. The van der Waals surface area contributed by atoms with Gasteiger partial charge in [0.15, 0.2) is 0 Å². The van der Waals surface area contributed by atoms with Crippen LogP contribution in [0.2, 0.25) is 0 Å². The van der Waals surface area contributed by atoms with Crippen molar-refractivity contribution in [2.45, 2.75) is 33.4 Å². The number of benzene rings is 2. The summed E-state index contributed by atoms with van der Waals surface area (Å²) in [6.45, 7) is 5.37. The van der Waals surface area contributed by atoms with Gasteiger partial charge >= 0.3 is 0 Å². The van der Waals surface area contributed by atoms with Crippen molar-refractivity contribution in [1.29, 1.82) is 0 Å². The number of amides is 1. The molecule has 0 aliphatic carbocycles. The van der Waals surface area contributed by atoms with Crippen LogP contribution >= 0.6 is 0 Å². The Morgan fingerprint density at radius 1 is 1.25 bits per heavy atom. The molecule has 0 radical (unpaired) electrons. The van der Waals surface area contributed by atoms with Gasteiger partial charge in [-0.3, -0.25) is 19.7 Å². The number of nitro benzene ring substituents is 1. The Balaban J connectivity index is 1.96. The molecule has 1 N–H and O–H groups in total. The molecule has 3 rings (SSSR count). The first-order valence-corrected chi connectivity index (χ1v) is 8.82. The van der Waals surface area contributed by atoms with Gasteiger partial charge in [0.1, 0.15) is 5.82 Å². The summed E-state index contributed by atoms with van der Waals surface area (Å²) in [5, 5.41) is 11.7. The minimum atomic E-state index is -0.506. The average Bonchev–Trinajstić information content (AvgIpc) is 2.65. The molecule has 0 unspecified atom stereocenters. The Labute approximate surface area is 161 Å². The summed E-state index contributed by atoms with van der Waals surface area (Å²) >= 11 is 0. The van der Waals surface area contributed by atoms with E-state index in [9.17, 15) is 19.7 Å². The van der Waals surface area contributed by atoms with Crippen molar-refractivity contribution in [1.82, 2.24) is 14.9 Å². The topological polar surface area (TPSA) is 109 Å². The Kier molecular flexibility index (Phi) is 5.21. The summed E-state index contributed by atoms with van der Waals surface area (Å²) in [5.74, 6) is -0.0127. The van der Waals surface area contributed by atoms with E-state index in [0.717, 1.165) is 0 Å². The van der Waals surface area contributed by atoms with E-state index in [0.29, 0.717) is 22.3 Å². The third-order valence-corrected chi connectivity index (χ3v) is 4.52. The lowest BCUT2D eigenvalue weighted by molar-refractivity contribution is -0.385. The molecule has 0 aliphatic rings. The van der Waals surface area contributed by atoms with E-state index in [2.05, 4.69) is 9.97 Å². The largest absolute Gasteiger partial charge is 0.329 e. The van der Waals surface area contributed by atoms with Crippen molar-refractivity contribution in [2.24, 2.45) is 0 Å². The van der Waals surface area contributed by atoms with E-state index in [1.165, 1.54) is 11.0 Å². The second kappa shape index (κ2) is 7.59. The highest BCUT2D eigenvalue weighted by Gasteiger charge is 2.23. The maximum Gasteiger partial charge on any atom is 0.273 e. The van der Waals surface area contributed by atoms with Crippen LogP contribution in [0.4, 0.5) is 5.69 Å². The predicted octanol–water partition coefficient (Wildman–Crippen LogP) is 3.19. The van der Waals surface area contributed by atoms with E-state index < -0.39 is 4.92 Å². The second-order valence-corrected chi connectivity index (χ2v) is 6.81. The highest BCUT2D eigenvalue weighted by atomic mass is 16.6. The lowest BCUT2D eigenvalue weighted by atomic mass is 10.1. The molecule has 8 heteroatoms. The fourth-order valence-corrected chi connectivity index (χ4v) is 2.96. The second-order valence-electron chi connectivity index (χ2n) is 6.81. The van der Waals surface area contributed by atoms with Crippen molar-refractivity contribution in [2.75, 3.05) is 0 Å². The van der Waals surface area contributed by atoms with Crippen molar-refractivity contribution in [3.05, 3.63) is 79.9 Å². The van der Waals surface area contributed by atoms with Crippen LogP contribution < -0.4 is 5.56 Å². The molecular formula is C20H20N4O4. The molecule has 0 saturated carbocycles. The lowest BCUT2D eigenvalue weighted by Gasteiger charge is -2.26. The zero-order chi connectivity index (χ0) is 20.4. The number of nitrogens with zero attached hydrogens (tertiary/aromatic N) is 3. The maximum atomic E-state index is 13.0. The number of carbonyl (C=O) groups excluding carboxylic acids is 1. The van der Waals surface area contributed by atoms with Crippen LogP contribution in [0.1, 0.15) is 35.6 Å². The molecule has 1 amide bonds. The van der Waals surface area contributed by atoms with E-state index in [4.69, 9.17) is 0 Å². The predicted molar refractivity (Wildman–Crippen MR) is 105 cm³/mol. The van der Waals surface area contributed by atoms with Crippen molar-refractivity contribution in [3.63, 3.8) is 0 Å². The summed E-state index contributed by atoms with van der Waals surface area (Å²) in [6, 6.07) is 11.2. The molecule has 144 valence electrons. The molecular weight excluding hydrogens is 360 g/mol. The van der Waals surface area contributed by atoms with E-state index >= 15 is 0 Å². The smallest absolute Gasteiger partial charge is 0.273 e. The summed E-state index contributed by atoms with van der Waals surface area (Å²) in [5.41, 5.74) is 0.866. The summed E-state index contributed by atoms with van der Waals surface area (Å²) < 4.78 is 0. The Bertz CT molecular complexity index is 1120. The van der Waals surface area contributed by atoms with Crippen LogP contribution in [0.5, 0.6) is 0 Å². The minimum Gasteiger partial charge on any atom is -0.329 e. The number of hydrogen-bond donors (Lipinski definition) is 1. The number of carbonyl (C=O) groups is 1. The van der Waals surface area contributed by atoms with Crippen molar-refractivity contribution >= 4 is 22.5 Å². The van der Waals surface area contributed by atoms with Crippen molar-refractivity contribution < 1.29 is 9.72 Å². The zero-order valence-electron chi connectivity index (χ0n) is 15.8. The first-order chi connectivity index (χ1) is 13.3. The molecule has 8 nitrogen and oxygen atoms in total. The number of aryl methyl sites for hydroxylation is 1. The van der Waals surface area contributed by atoms with Gasteiger partial charge in [0, 0.05) is 23.2 Å². The first kappa shape index (κ1) is 19.2. The molecule has 0 fully saturated rings. The number of nitrogens with one attached hydrogen (secondary N) is 1. The molecule has 0 aliphatic heterocycles. The molecule has 1 aromatic heterocycles. The van der Waals surface area contributed by atoms with Gasteiger partial charge in [-0.1, -0.05) is 18.2 Å². The molecule has 0 spiro atoms. The molecule has 2 aromatic carbocycles. The molecule has 1 heterocycles. The summed E-state index contributed by atoms with van der Waals surface area (Å²) in [6.07, 6.45) is 0. The quantitative estimate of drug-likeness (QED) is 0.540. The fraction of sp³-hybridized carbons (Fsp3) is 0.250. The molecule has 0 bridgehead atoms. The van der Waals surface area contributed by atoms with Gasteiger partial charge in [0.25, 0.3) is 17.2 Å². The number of rotatable bonds is 5. The highest BCUT2D eigenvalue weighted by molar-refractivity contribution is 5.95. The molecule has 28 heavy (non-hydrogen) atoms. The van der Waals surface area contributed by atoms with Gasteiger partial charge in [0.2, 0.25) is 0 Å². The van der Waals surface area contributed by atoms with E-state index in [-0.39, 0.29) is 35.3 Å². The van der Waals surface area contributed by atoms with Crippen LogP contribution in [0, 0.1) is 17.0 Å². The van der Waals surface area contributed by atoms with Gasteiger partial charge in [0.05, 0.1) is 22.4 Å². The van der Waals surface area contributed by atoms with E-state index in [1.54, 1.807) is 43.3 Å². The van der Waals surface area contributed by atoms with Gasteiger partial charge in [-0.15, -0.1) is 0 Å². The van der Waals surface area contributed by atoms with Crippen LogP contribution in [0.25, 0.3) is 10.9 Å². The van der Waals surface area contributed by atoms with Gasteiger partial charge in [-0.05, 0) is 39.0 Å². The maximum absolute atomic E-state index is 13.0. The number of hydrogen-bond acceptors (Lipinski definition) is 5. The van der Waals surface area contributed by atoms with Gasteiger partial charge < -0.3 is 9.88 Å². The summed E-state index contributed by atoms with van der Waals surface area (Å²) in [7, 11) is 0. The van der Waals surface area contributed by atoms with Crippen LogP contribution in [-0.2, 0) is 6.54 Å². The lowest BCUT2D eigenvalue weighted by Crippen LogP contribution is -2.37. The number of fused-ring (bicyclic) bond motifs is 1. The number of nitro groups is 1. The van der Waals surface area contributed by atoms with Crippen LogP contribution in [-0.4, -0.2) is 31.7 Å².